The fourth-order valence-electron chi connectivity index (χ4n) is 4.56. The van der Waals surface area contributed by atoms with E-state index in [0.717, 1.165) is 37.0 Å². The third kappa shape index (κ3) is 5.61. The van der Waals surface area contributed by atoms with E-state index in [1.807, 2.05) is 29.2 Å². The van der Waals surface area contributed by atoms with Crippen LogP contribution in [0.1, 0.15) is 44.1 Å². The van der Waals surface area contributed by atoms with Crippen LogP contribution in [0.15, 0.2) is 29.4 Å². The van der Waals surface area contributed by atoms with Gasteiger partial charge >= 0.3 is 0 Å². The van der Waals surface area contributed by atoms with E-state index in [0.29, 0.717) is 18.1 Å². The van der Waals surface area contributed by atoms with Crippen LogP contribution < -0.4 is 4.74 Å². The first kappa shape index (κ1) is 23.0. The highest BCUT2D eigenvalue weighted by Gasteiger charge is 2.38. The number of hydrogen-bond acceptors (Lipinski definition) is 8. The van der Waals surface area contributed by atoms with Gasteiger partial charge < -0.3 is 9.64 Å². The molecule has 0 N–H and O–H groups in total. The summed E-state index contributed by atoms with van der Waals surface area (Å²) in [7, 11) is -1.44. The normalized spacial score (nSPS) is 20.8. The number of carbonyl (C=O) groups excluding carboxylic acids is 1. The van der Waals surface area contributed by atoms with Crippen LogP contribution in [0.5, 0.6) is 5.75 Å². The van der Waals surface area contributed by atoms with Gasteiger partial charge in [-0.05, 0) is 47.4 Å². The Hall–Kier alpha value is -2.14. The standard InChI is InChI=1S/C21H29N5O4S2/c1-30-19-9-7-16(8-10-19)13-25-21(22-23-24-25)31-14-20(27)26(17-5-3-2-4-6-17)18-11-12-32(28,29)15-18/h7-10,17-18H,2-6,11-15H2,1H3. The average molecular weight is 480 g/mol. The summed E-state index contributed by atoms with van der Waals surface area (Å²) in [5.41, 5.74) is 1.02. The van der Waals surface area contributed by atoms with Gasteiger partial charge in [0.05, 0.1) is 30.9 Å². The lowest BCUT2D eigenvalue weighted by Gasteiger charge is -2.38. The van der Waals surface area contributed by atoms with E-state index < -0.39 is 9.84 Å². The van der Waals surface area contributed by atoms with E-state index in [4.69, 9.17) is 4.74 Å². The van der Waals surface area contributed by atoms with Crippen molar-refractivity contribution in [2.75, 3.05) is 24.4 Å². The minimum atomic E-state index is -3.06. The van der Waals surface area contributed by atoms with Gasteiger partial charge in [0.2, 0.25) is 11.1 Å². The number of rotatable bonds is 8. The highest BCUT2D eigenvalue weighted by atomic mass is 32.2. The number of methoxy groups -OCH3 is 1. The number of amides is 1. The van der Waals surface area contributed by atoms with Gasteiger partial charge in [-0.3, -0.25) is 4.79 Å². The molecule has 174 valence electrons. The molecule has 1 aliphatic heterocycles. The van der Waals surface area contributed by atoms with Gasteiger partial charge in [0.25, 0.3) is 0 Å². The number of carbonyl (C=O) groups is 1. The second-order valence-electron chi connectivity index (χ2n) is 8.41. The highest BCUT2D eigenvalue weighted by molar-refractivity contribution is 7.99. The third-order valence-corrected chi connectivity index (χ3v) is 8.87. The zero-order chi connectivity index (χ0) is 22.6. The highest BCUT2D eigenvalue weighted by Crippen LogP contribution is 2.29. The Morgan fingerprint density at radius 1 is 1.16 bits per heavy atom. The Bertz CT molecular complexity index is 1020. The average Bonchev–Trinajstić information content (AvgIpc) is 3.39. The van der Waals surface area contributed by atoms with Crippen molar-refractivity contribution < 1.29 is 17.9 Å². The Balaban J connectivity index is 1.42. The summed E-state index contributed by atoms with van der Waals surface area (Å²) in [6.45, 7) is 0.487. The summed E-state index contributed by atoms with van der Waals surface area (Å²) in [6.07, 6.45) is 5.77. The predicted octanol–water partition coefficient (Wildman–Crippen LogP) is 2.17. The van der Waals surface area contributed by atoms with Crippen LogP contribution >= 0.6 is 11.8 Å². The van der Waals surface area contributed by atoms with E-state index in [1.54, 1.807) is 11.8 Å². The summed E-state index contributed by atoms with van der Waals surface area (Å²) in [4.78, 5) is 15.2. The molecule has 1 atom stereocenters. The number of thioether (sulfide) groups is 1. The number of aromatic nitrogens is 4. The fraction of sp³-hybridized carbons (Fsp3) is 0.619. The number of tetrazole rings is 1. The van der Waals surface area contributed by atoms with Crippen molar-refractivity contribution in [2.24, 2.45) is 0 Å². The monoisotopic (exact) mass is 479 g/mol. The van der Waals surface area contributed by atoms with Crippen molar-refractivity contribution in [3.8, 4) is 5.75 Å². The topological polar surface area (TPSA) is 107 Å². The van der Waals surface area contributed by atoms with Gasteiger partial charge in [0.15, 0.2) is 9.84 Å². The maximum atomic E-state index is 13.3. The van der Waals surface area contributed by atoms with Crippen LogP contribution in [0.2, 0.25) is 0 Å². The Labute approximate surface area is 192 Å². The van der Waals surface area contributed by atoms with Gasteiger partial charge in [0, 0.05) is 12.1 Å². The predicted molar refractivity (Wildman–Crippen MR) is 121 cm³/mol. The lowest BCUT2D eigenvalue weighted by Crippen LogP contribution is -2.49. The van der Waals surface area contributed by atoms with E-state index in [9.17, 15) is 13.2 Å². The van der Waals surface area contributed by atoms with Crippen molar-refractivity contribution in [2.45, 2.75) is 62.3 Å². The first-order chi connectivity index (χ1) is 15.4. The molecule has 1 saturated heterocycles. The number of benzene rings is 1. The Morgan fingerprint density at radius 3 is 2.56 bits per heavy atom. The minimum absolute atomic E-state index is 0.0250. The summed E-state index contributed by atoms with van der Waals surface area (Å²) in [6, 6.07) is 7.58. The molecule has 1 aliphatic carbocycles. The molecular formula is C21H29N5O4S2. The van der Waals surface area contributed by atoms with E-state index in [-0.39, 0.29) is 35.2 Å². The van der Waals surface area contributed by atoms with E-state index in [1.165, 1.54) is 18.2 Å². The first-order valence-electron chi connectivity index (χ1n) is 11.0. The number of hydrogen-bond donors (Lipinski definition) is 0. The largest absolute Gasteiger partial charge is 0.497 e. The van der Waals surface area contributed by atoms with Gasteiger partial charge in [-0.2, -0.15) is 0 Å². The maximum absolute atomic E-state index is 13.3. The summed E-state index contributed by atoms with van der Waals surface area (Å²) in [5.74, 6) is 1.19. The van der Waals surface area contributed by atoms with Crippen molar-refractivity contribution >= 4 is 27.5 Å². The molecular weight excluding hydrogens is 450 g/mol. The molecule has 2 aliphatic rings. The third-order valence-electron chi connectivity index (χ3n) is 6.17. The molecule has 4 rings (SSSR count). The number of sulfone groups is 1. The van der Waals surface area contributed by atoms with Crippen molar-refractivity contribution in [3.05, 3.63) is 29.8 Å². The molecule has 9 nitrogen and oxygen atoms in total. The summed E-state index contributed by atoms with van der Waals surface area (Å²) < 4.78 is 31.0. The second-order valence-corrected chi connectivity index (χ2v) is 11.6. The lowest BCUT2D eigenvalue weighted by atomic mass is 9.93. The Kier molecular flexibility index (Phi) is 7.34. The van der Waals surface area contributed by atoms with E-state index >= 15 is 0 Å². The molecule has 2 fully saturated rings. The summed E-state index contributed by atoms with van der Waals surface area (Å²) >= 11 is 1.30. The van der Waals surface area contributed by atoms with Crippen LogP contribution in [-0.4, -0.2) is 75.9 Å². The molecule has 0 bridgehead atoms. The van der Waals surface area contributed by atoms with Gasteiger partial charge in [-0.25, -0.2) is 13.1 Å². The molecule has 1 saturated carbocycles. The number of ether oxygens (including phenoxy) is 1. The molecule has 2 aromatic rings. The molecule has 1 unspecified atom stereocenters. The zero-order valence-electron chi connectivity index (χ0n) is 18.2. The van der Waals surface area contributed by atoms with Gasteiger partial charge in [-0.1, -0.05) is 43.2 Å². The second kappa shape index (κ2) is 10.2. The van der Waals surface area contributed by atoms with Crippen LogP contribution in [0, 0.1) is 0 Å². The minimum Gasteiger partial charge on any atom is -0.497 e. The number of nitrogens with zero attached hydrogens (tertiary/aromatic N) is 5. The van der Waals surface area contributed by atoms with Crippen LogP contribution in [0.3, 0.4) is 0 Å². The first-order valence-corrected chi connectivity index (χ1v) is 13.8. The molecule has 1 amide bonds. The smallest absolute Gasteiger partial charge is 0.233 e. The SMILES string of the molecule is COc1ccc(Cn2nnnc2SCC(=O)N(C2CCCCC2)C2CCS(=O)(=O)C2)cc1. The molecule has 2 heterocycles. The van der Waals surface area contributed by atoms with Gasteiger partial charge in [0.1, 0.15) is 5.75 Å². The van der Waals surface area contributed by atoms with Crippen LogP contribution in [0.4, 0.5) is 0 Å². The van der Waals surface area contributed by atoms with Crippen LogP contribution in [0.25, 0.3) is 0 Å². The van der Waals surface area contributed by atoms with Crippen molar-refractivity contribution in [1.82, 2.24) is 25.1 Å². The molecule has 1 aromatic carbocycles. The van der Waals surface area contributed by atoms with Gasteiger partial charge in [-0.15, -0.1) is 5.10 Å². The molecule has 0 spiro atoms. The lowest BCUT2D eigenvalue weighted by molar-refractivity contribution is -0.133. The molecule has 32 heavy (non-hydrogen) atoms. The molecule has 1 aromatic heterocycles. The fourth-order valence-corrected chi connectivity index (χ4v) is 7.02. The zero-order valence-corrected chi connectivity index (χ0v) is 19.9. The van der Waals surface area contributed by atoms with Crippen molar-refractivity contribution in [1.29, 1.82) is 0 Å². The van der Waals surface area contributed by atoms with E-state index in [2.05, 4.69) is 15.5 Å². The molecule has 11 heteroatoms. The van der Waals surface area contributed by atoms with Crippen molar-refractivity contribution in [3.63, 3.8) is 0 Å². The Morgan fingerprint density at radius 2 is 1.91 bits per heavy atom. The summed E-state index contributed by atoms with van der Waals surface area (Å²) in [5, 5.41) is 12.5. The maximum Gasteiger partial charge on any atom is 0.233 e. The molecule has 0 radical (unpaired) electrons. The van der Waals surface area contributed by atoms with Crippen LogP contribution in [-0.2, 0) is 21.2 Å². The quantitative estimate of drug-likeness (QED) is 0.530.